The van der Waals surface area contributed by atoms with Crippen LogP contribution >= 0.6 is 11.8 Å². The van der Waals surface area contributed by atoms with Crippen LogP contribution in [0, 0.1) is 0 Å². The first-order valence-electron chi connectivity index (χ1n) is 14.5. The van der Waals surface area contributed by atoms with Gasteiger partial charge in [0.1, 0.15) is 23.9 Å². The number of carbonyl (C=O) groups excluding carboxylic acids is 3. The number of hydrogen-bond donors (Lipinski definition) is 8. The van der Waals surface area contributed by atoms with Crippen LogP contribution in [0.3, 0.4) is 0 Å². The van der Waals surface area contributed by atoms with Crippen LogP contribution in [0.2, 0.25) is 0 Å². The van der Waals surface area contributed by atoms with E-state index in [0.29, 0.717) is 30.7 Å². The molecule has 10 N–H and O–H groups in total. The van der Waals surface area contributed by atoms with Gasteiger partial charge in [-0.3, -0.25) is 14.4 Å². The van der Waals surface area contributed by atoms with Gasteiger partial charge in [-0.15, -0.1) is 0 Å². The van der Waals surface area contributed by atoms with E-state index in [4.69, 9.17) is 11.5 Å². The number of carbonyl (C=O) groups is 4. The number of unbranched alkanes of at least 4 members (excludes halogenated alkanes) is 1. The Morgan fingerprint density at radius 3 is 2.20 bits per heavy atom. The van der Waals surface area contributed by atoms with Gasteiger partial charge in [-0.1, -0.05) is 30.3 Å². The zero-order chi connectivity index (χ0) is 32.1. The summed E-state index contributed by atoms with van der Waals surface area (Å²) in [5.41, 5.74) is 14.3. The van der Waals surface area contributed by atoms with Crippen molar-refractivity contribution >= 4 is 46.4 Å². The van der Waals surface area contributed by atoms with E-state index in [1.54, 1.807) is 18.3 Å². The van der Waals surface area contributed by atoms with Crippen molar-refractivity contribution in [2.75, 3.05) is 18.6 Å². The van der Waals surface area contributed by atoms with E-state index in [2.05, 4.69) is 20.9 Å². The lowest BCUT2D eigenvalue weighted by Crippen LogP contribution is -2.57. The summed E-state index contributed by atoms with van der Waals surface area (Å²) in [5.74, 6) is -2.44. The van der Waals surface area contributed by atoms with Crippen molar-refractivity contribution in [3.63, 3.8) is 0 Å². The van der Waals surface area contributed by atoms with Crippen molar-refractivity contribution < 1.29 is 29.4 Å². The molecule has 1 heterocycles. The van der Waals surface area contributed by atoms with Crippen molar-refractivity contribution in [2.45, 2.75) is 62.7 Å². The lowest BCUT2D eigenvalue weighted by atomic mass is 10.0. The predicted molar refractivity (Wildman–Crippen MR) is 171 cm³/mol. The summed E-state index contributed by atoms with van der Waals surface area (Å²) >= 11 is 1.45. The lowest BCUT2D eigenvalue weighted by molar-refractivity contribution is -0.142. The minimum absolute atomic E-state index is 0.0241. The number of carboxylic acid groups (broad SMARTS) is 1. The number of aromatic nitrogens is 1. The second-order valence-corrected chi connectivity index (χ2v) is 11.6. The van der Waals surface area contributed by atoms with Crippen LogP contribution < -0.4 is 27.4 Å². The number of benzene rings is 2. The number of hydrogen-bond acceptors (Lipinski definition) is 8. The Kier molecular flexibility index (Phi) is 13.5. The van der Waals surface area contributed by atoms with Crippen molar-refractivity contribution in [3.8, 4) is 5.75 Å². The highest BCUT2D eigenvalue weighted by molar-refractivity contribution is 7.98. The highest BCUT2D eigenvalue weighted by Crippen LogP contribution is 2.19. The molecular formula is C31H42N6O6S. The van der Waals surface area contributed by atoms with Crippen molar-refractivity contribution in [3.05, 3.63) is 65.9 Å². The molecule has 0 radical (unpaired) electrons. The highest BCUT2D eigenvalue weighted by Gasteiger charge is 2.30. The number of rotatable bonds is 18. The molecule has 0 aliphatic carbocycles. The van der Waals surface area contributed by atoms with Gasteiger partial charge in [-0.2, -0.15) is 11.8 Å². The average molecular weight is 627 g/mol. The number of phenols is 1. The summed E-state index contributed by atoms with van der Waals surface area (Å²) in [5, 5.41) is 28.3. The first-order chi connectivity index (χ1) is 21.1. The van der Waals surface area contributed by atoms with Crippen LogP contribution in [-0.4, -0.2) is 81.6 Å². The fraction of sp³-hybridized carbons (Fsp3) is 0.419. The molecule has 238 valence electrons. The van der Waals surface area contributed by atoms with Gasteiger partial charge in [0.25, 0.3) is 0 Å². The number of aromatic amines is 1. The Labute approximate surface area is 260 Å². The van der Waals surface area contributed by atoms with E-state index < -0.39 is 47.9 Å². The number of amides is 3. The van der Waals surface area contributed by atoms with Crippen LogP contribution in [0.4, 0.5) is 0 Å². The van der Waals surface area contributed by atoms with Crippen LogP contribution in [0.5, 0.6) is 5.75 Å². The molecule has 3 amide bonds. The molecule has 4 unspecified atom stereocenters. The third-order valence-corrected chi connectivity index (χ3v) is 7.91. The molecular weight excluding hydrogens is 584 g/mol. The van der Waals surface area contributed by atoms with Gasteiger partial charge in [0.15, 0.2) is 0 Å². The third kappa shape index (κ3) is 10.3. The normalized spacial score (nSPS) is 13.9. The van der Waals surface area contributed by atoms with Crippen LogP contribution in [0.1, 0.15) is 36.8 Å². The Morgan fingerprint density at radius 2 is 1.52 bits per heavy atom. The van der Waals surface area contributed by atoms with Gasteiger partial charge in [-0.25, -0.2) is 4.79 Å². The minimum Gasteiger partial charge on any atom is -0.508 e. The molecule has 0 saturated heterocycles. The van der Waals surface area contributed by atoms with Gasteiger partial charge in [-0.05, 0) is 80.0 Å². The van der Waals surface area contributed by atoms with E-state index in [1.807, 2.05) is 30.5 Å². The van der Waals surface area contributed by atoms with Crippen molar-refractivity contribution in [1.82, 2.24) is 20.9 Å². The molecule has 0 spiro atoms. The minimum atomic E-state index is -1.18. The van der Waals surface area contributed by atoms with Crippen molar-refractivity contribution in [1.29, 1.82) is 0 Å². The molecule has 12 nitrogen and oxygen atoms in total. The molecule has 2 aromatic carbocycles. The summed E-state index contributed by atoms with van der Waals surface area (Å²) in [6.45, 7) is 0.404. The number of H-pyrrole nitrogens is 1. The monoisotopic (exact) mass is 626 g/mol. The van der Waals surface area contributed by atoms with E-state index in [9.17, 15) is 29.4 Å². The van der Waals surface area contributed by atoms with Gasteiger partial charge < -0.3 is 42.6 Å². The maximum absolute atomic E-state index is 13.6. The SMILES string of the molecule is CSCCC(NC(=O)C(Cc1ccc(O)cc1)NC(=O)C(CCCCN)NC(=O)C(N)Cc1c[nH]c2ccccc12)C(=O)O. The van der Waals surface area contributed by atoms with E-state index in [0.717, 1.165) is 16.5 Å². The quantitative estimate of drug-likeness (QED) is 0.0957. The highest BCUT2D eigenvalue weighted by atomic mass is 32.2. The average Bonchev–Trinajstić information content (AvgIpc) is 3.41. The second kappa shape index (κ2) is 17.3. The number of aromatic hydroxyl groups is 1. The molecule has 0 bridgehead atoms. The Hall–Kier alpha value is -4.07. The van der Waals surface area contributed by atoms with Crippen LogP contribution in [-0.2, 0) is 32.0 Å². The summed E-state index contributed by atoms with van der Waals surface area (Å²) in [7, 11) is 0. The number of para-hydroxylation sites is 1. The summed E-state index contributed by atoms with van der Waals surface area (Å²) in [4.78, 5) is 55.1. The fourth-order valence-corrected chi connectivity index (χ4v) is 5.26. The van der Waals surface area contributed by atoms with E-state index in [1.165, 1.54) is 23.9 Å². The number of nitrogens with one attached hydrogen (secondary N) is 4. The molecule has 0 aliphatic heterocycles. The second-order valence-electron chi connectivity index (χ2n) is 10.6. The molecule has 44 heavy (non-hydrogen) atoms. The standard InChI is InChI=1S/C31H42N6O6S/c1-44-15-13-26(31(42)43)36-30(41)27(16-19-9-11-21(38)12-10-19)37-29(40)25(8-4-5-14-32)35-28(39)23(33)17-20-18-34-24-7-3-2-6-22(20)24/h2-3,6-7,9-12,18,23,25-27,34,38H,4-5,8,13-17,32-33H2,1H3,(H,35,39)(H,36,41)(H,37,40)(H,42,43). The van der Waals surface area contributed by atoms with Gasteiger partial charge in [0, 0.05) is 23.5 Å². The fourth-order valence-electron chi connectivity index (χ4n) is 4.79. The molecule has 13 heteroatoms. The number of aliphatic carboxylic acids is 1. The molecule has 4 atom stereocenters. The first-order valence-corrected chi connectivity index (χ1v) is 15.9. The maximum Gasteiger partial charge on any atom is 0.326 e. The predicted octanol–water partition coefficient (Wildman–Crippen LogP) is 1.41. The number of fused-ring (bicyclic) bond motifs is 1. The van der Waals surface area contributed by atoms with E-state index in [-0.39, 0.29) is 31.4 Å². The van der Waals surface area contributed by atoms with Gasteiger partial charge in [0.2, 0.25) is 17.7 Å². The molecule has 0 fully saturated rings. The molecule has 1 aromatic heterocycles. The van der Waals surface area contributed by atoms with Gasteiger partial charge >= 0.3 is 5.97 Å². The largest absolute Gasteiger partial charge is 0.508 e. The zero-order valence-electron chi connectivity index (χ0n) is 24.8. The molecule has 0 saturated carbocycles. The Bertz CT molecular complexity index is 1400. The lowest BCUT2D eigenvalue weighted by Gasteiger charge is -2.25. The number of carboxylic acids is 1. The first kappa shape index (κ1) is 34.4. The van der Waals surface area contributed by atoms with Crippen LogP contribution in [0.25, 0.3) is 10.9 Å². The van der Waals surface area contributed by atoms with Crippen molar-refractivity contribution in [2.24, 2.45) is 11.5 Å². The Balaban J connectivity index is 1.76. The van der Waals surface area contributed by atoms with Gasteiger partial charge in [0.05, 0.1) is 6.04 Å². The maximum atomic E-state index is 13.6. The molecule has 3 aromatic rings. The third-order valence-electron chi connectivity index (χ3n) is 7.27. The summed E-state index contributed by atoms with van der Waals surface area (Å²) in [6, 6.07) is 9.53. The number of phenolic OH excluding ortho intramolecular Hbond substituents is 1. The van der Waals surface area contributed by atoms with Crippen LogP contribution in [0.15, 0.2) is 54.7 Å². The Morgan fingerprint density at radius 1 is 0.864 bits per heavy atom. The molecule has 0 aliphatic rings. The topological polar surface area (TPSA) is 213 Å². The zero-order valence-corrected chi connectivity index (χ0v) is 25.6. The number of thioether (sulfide) groups is 1. The van der Waals surface area contributed by atoms with E-state index >= 15 is 0 Å². The number of nitrogens with two attached hydrogens (primary N) is 2. The summed E-state index contributed by atoms with van der Waals surface area (Å²) < 4.78 is 0. The molecule has 3 rings (SSSR count). The summed E-state index contributed by atoms with van der Waals surface area (Å²) in [6.07, 6.45) is 5.52. The smallest absolute Gasteiger partial charge is 0.326 e.